The zero-order valence-corrected chi connectivity index (χ0v) is 13.1. The number of carbonyl (C=O) groups excluding carboxylic acids is 1. The molecule has 0 bridgehead atoms. The van der Waals surface area contributed by atoms with Crippen molar-refractivity contribution in [2.75, 3.05) is 6.61 Å². The van der Waals surface area contributed by atoms with E-state index in [0.717, 1.165) is 24.8 Å². The summed E-state index contributed by atoms with van der Waals surface area (Å²) in [4.78, 5) is 21.8. The van der Waals surface area contributed by atoms with Gasteiger partial charge >= 0.3 is 11.9 Å². The van der Waals surface area contributed by atoms with Crippen LogP contribution in [0, 0.1) is 11.8 Å². The van der Waals surface area contributed by atoms with Crippen molar-refractivity contribution in [2.24, 2.45) is 11.8 Å². The maximum absolute atomic E-state index is 11.0. The molecule has 1 N–H and O–H groups in total. The summed E-state index contributed by atoms with van der Waals surface area (Å²) in [6, 6.07) is 8.09. The predicted octanol–water partition coefficient (Wildman–Crippen LogP) is 3.23. The molecule has 120 valence electrons. The van der Waals surface area contributed by atoms with Gasteiger partial charge in [-0.25, -0.2) is 0 Å². The molecule has 0 spiro atoms. The summed E-state index contributed by atoms with van der Waals surface area (Å²) in [6.07, 6.45) is 5.12. The van der Waals surface area contributed by atoms with E-state index in [1.165, 1.54) is 18.9 Å². The van der Waals surface area contributed by atoms with Gasteiger partial charge in [0, 0.05) is 13.3 Å². The van der Waals surface area contributed by atoms with Gasteiger partial charge in [0.1, 0.15) is 0 Å². The van der Waals surface area contributed by atoms with Crippen LogP contribution in [0.5, 0.6) is 0 Å². The predicted molar refractivity (Wildman–Crippen MR) is 83.6 cm³/mol. The van der Waals surface area contributed by atoms with Crippen molar-refractivity contribution in [2.45, 2.75) is 45.4 Å². The first-order valence-electron chi connectivity index (χ1n) is 7.98. The summed E-state index contributed by atoms with van der Waals surface area (Å²) in [6.45, 7) is 1.96. The number of hydrogen-bond acceptors (Lipinski definition) is 3. The van der Waals surface area contributed by atoms with Gasteiger partial charge in [-0.1, -0.05) is 30.7 Å². The molecular formula is C18H24O4. The summed E-state index contributed by atoms with van der Waals surface area (Å²) >= 11 is 0. The van der Waals surface area contributed by atoms with Gasteiger partial charge in [-0.2, -0.15) is 0 Å². The molecule has 1 fully saturated rings. The molecule has 0 heterocycles. The minimum atomic E-state index is -0.761. The normalized spacial score (nSPS) is 20.8. The van der Waals surface area contributed by atoms with E-state index in [1.807, 2.05) is 18.2 Å². The van der Waals surface area contributed by atoms with E-state index >= 15 is 0 Å². The lowest BCUT2D eigenvalue weighted by molar-refractivity contribution is -0.142. The van der Waals surface area contributed by atoms with Gasteiger partial charge in [0.05, 0.1) is 6.61 Å². The number of rotatable bonds is 7. The summed E-state index contributed by atoms with van der Waals surface area (Å²) < 4.78 is 5.19. The number of aliphatic carboxylic acids is 1. The molecule has 0 unspecified atom stereocenters. The van der Waals surface area contributed by atoms with Crippen molar-refractivity contribution in [1.82, 2.24) is 0 Å². The summed E-state index contributed by atoms with van der Waals surface area (Å²) in [5.74, 6) is -0.0299. The molecule has 1 saturated carbocycles. The van der Waals surface area contributed by atoms with Gasteiger partial charge < -0.3 is 9.84 Å². The monoisotopic (exact) mass is 304 g/mol. The molecular weight excluding hydrogens is 280 g/mol. The molecule has 4 heteroatoms. The fraction of sp³-hybridized carbons (Fsp3) is 0.556. The van der Waals surface area contributed by atoms with Crippen LogP contribution in [0.1, 0.15) is 43.7 Å². The second kappa shape index (κ2) is 7.97. The Labute approximate surface area is 131 Å². The topological polar surface area (TPSA) is 63.6 Å². The number of carbonyl (C=O) groups is 2. The highest BCUT2D eigenvalue weighted by molar-refractivity contribution is 5.67. The molecule has 1 aromatic carbocycles. The van der Waals surface area contributed by atoms with Crippen LogP contribution >= 0.6 is 0 Å². The van der Waals surface area contributed by atoms with Crippen molar-refractivity contribution in [1.29, 1.82) is 0 Å². The fourth-order valence-electron chi connectivity index (χ4n) is 3.35. The summed E-state index contributed by atoms with van der Waals surface area (Å²) in [5.41, 5.74) is 2.37. The van der Waals surface area contributed by atoms with Crippen molar-refractivity contribution in [3.8, 4) is 0 Å². The van der Waals surface area contributed by atoms with Gasteiger partial charge in [-0.05, 0) is 48.6 Å². The zero-order chi connectivity index (χ0) is 15.9. The largest absolute Gasteiger partial charge is 0.481 e. The molecule has 0 aliphatic heterocycles. The molecule has 1 aliphatic carbocycles. The first-order valence-corrected chi connectivity index (χ1v) is 7.98. The summed E-state index contributed by atoms with van der Waals surface area (Å²) in [7, 11) is 0. The molecule has 0 radical (unpaired) electrons. The maximum atomic E-state index is 11.0. The second-order valence-electron chi connectivity index (χ2n) is 6.12. The van der Waals surface area contributed by atoms with E-state index < -0.39 is 5.97 Å². The second-order valence-corrected chi connectivity index (χ2v) is 6.12. The van der Waals surface area contributed by atoms with Gasteiger partial charge in [0.2, 0.25) is 0 Å². The van der Waals surface area contributed by atoms with Crippen LogP contribution in [-0.4, -0.2) is 23.7 Å². The minimum Gasteiger partial charge on any atom is -0.481 e. The molecule has 2 rings (SSSR count). The van der Waals surface area contributed by atoms with Crippen LogP contribution in [0.2, 0.25) is 0 Å². The first-order chi connectivity index (χ1) is 10.6. The Morgan fingerprint density at radius 2 is 1.86 bits per heavy atom. The zero-order valence-electron chi connectivity index (χ0n) is 13.1. The molecule has 1 aliphatic rings. The van der Waals surface area contributed by atoms with Crippen molar-refractivity contribution >= 4 is 11.9 Å². The van der Waals surface area contributed by atoms with Gasteiger partial charge in [-0.15, -0.1) is 0 Å². The Morgan fingerprint density at radius 1 is 1.18 bits per heavy atom. The highest BCUT2D eigenvalue weighted by Crippen LogP contribution is 2.35. The fourth-order valence-corrected chi connectivity index (χ4v) is 3.35. The van der Waals surface area contributed by atoms with E-state index in [0.29, 0.717) is 24.9 Å². The highest BCUT2D eigenvalue weighted by Gasteiger charge is 2.28. The van der Waals surface area contributed by atoms with Crippen LogP contribution < -0.4 is 0 Å². The van der Waals surface area contributed by atoms with Crippen LogP contribution in [0.3, 0.4) is 0 Å². The Bertz CT molecular complexity index is 524. The smallest absolute Gasteiger partial charge is 0.303 e. The molecule has 1 aromatic rings. The van der Waals surface area contributed by atoms with E-state index in [9.17, 15) is 9.59 Å². The number of esters is 1. The van der Waals surface area contributed by atoms with Gasteiger partial charge in [-0.3, -0.25) is 9.59 Å². The average molecular weight is 304 g/mol. The van der Waals surface area contributed by atoms with Crippen LogP contribution in [-0.2, 0) is 27.2 Å². The molecule has 0 saturated heterocycles. The standard InChI is InChI=1S/C18H24O4/c1-13(19)22-12-17-8-4-7-16(17)11-15-6-3-2-5-14(15)9-10-18(20)21/h2-3,5-6,16-17H,4,7-12H2,1H3,(H,20,21)/t16-,17-/m0/s1. The minimum absolute atomic E-state index is 0.165. The number of carboxylic acids is 1. The Hall–Kier alpha value is -1.84. The van der Waals surface area contributed by atoms with E-state index in [1.54, 1.807) is 0 Å². The van der Waals surface area contributed by atoms with Crippen molar-refractivity contribution < 1.29 is 19.4 Å². The maximum Gasteiger partial charge on any atom is 0.303 e. The lowest BCUT2D eigenvalue weighted by Crippen LogP contribution is -2.19. The lowest BCUT2D eigenvalue weighted by Gasteiger charge is -2.20. The number of ether oxygens (including phenoxy) is 1. The van der Waals surface area contributed by atoms with E-state index in [4.69, 9.17) is 9.84 Å². The lowest BCUT2D eigenvalue weighted by atomic mass is 9.87. The number of aryl methyl sites for hydroxylation is 1. The van der Waals surface area contributed by atoms with Crippen LogP contribution in [0.4, 0.5) is 0 Å². The van der Waals surface area contributed by atoms with E-state index in [-0.39, 0.29) is 12.4 Å². The summed E-state index contributed by atoms with van der Waals surface area (Å²) in [5, 5.41) is 8.87. The van der Waals surface area contributed by atoms with Crippen molar-refractivity contribution in [3.63, 3.8) is 0 Å². The average Bonchev–Trinajstić information content (AvgIpc) is 2.91. The molecule has 22 heavy (non-hydrogen) atoms. The third kappa shape index (κ3) is 4.86. The van der Waals surface area contributed by atoms with Crippen molar-refractivity contribution in [3.05, 3.63) is 35.4 Å². The molecule has 0 aromatic heterocycles. The van der Waals surface area contributed by atoms with Crippen LogP contribution in [0.25, 0.3) is 0 Å². The molecule has 4 nitrogen and oxygen atoms in total. The Morgan fingerprint density at radius 3 is 2.55 bits per heavy atom. The number of carboxylic acid groups (broad SMARTS) is 1. The first kappa shape index (κ1) is 16.5. The third-order valence-corrected chi connectivity index (χ3v) is 4.53. The Balaban J connectivity index is 1.99. The molecule has 2 atom stereocenters. The number of benzene rings is 1. The third-order valence-electron chi connectivity index (χ3n) is 4.53. The van der Waals surface area contributed by atoms with Crippen LogP contribution in [0.15, 0.2) is 24.3 Å². The Kier molecular flexibility index (Phi) is 5.99. The molecule has 0 amide bonds. The quantitative estimate of drug-likeness (QED) is 0.786. The number of hydrogen-bond donors (Lipinski definition) is 1. The highest BCUT2D eigenvalue weighted by atomic mass is 16.5. The van der Waals surface area contributed by atoms with Gasteiger partial charge in [0.25, 0.3) is 0 Å². The SMILES string of the molecule is CC(=O)OC[C@@H]1CCC[C@H]1Cc1ccccc1CCC(=O)O. The van der Waals surface area contributed by atoms with E-state index in [2.05, 4.69) is 6.07 Å². The van der Waals surface area contributed by atoms with Gasteiger partial charge in [0.15, 0.2) is 0 Å².